The molecule has 1 unspecified atom stereocenters. The molecule has 1 saturated heterocycles. The van der Waals surface area contributed by atoms with Crippen molar-refractivity contribution in [1.29, 1.82) is 0 Å². The van der Waals surface area contributed by atoms with Crippen LogP contribution in [0.2, 0.25) is 0 Å². The normalized spacial score (nSPS) is 33.8. The van der Waals surface area contributed by atoms with Gasteiger partial charge in [-0.1, -0.05) is 53.3 Å². The van der Waals surface area contributed by atoms with E-state index in [0.29, 0.717) is 28.8 Å². The molecule has 2 aliphatic rings. The summed E-state index contributed by atoms with van der Waals surface area (Å²) in [6.07, 6.45) is 1.26. The highest BCUT2D eigenvalue weighted by molar-refractivity contribution is 8.13. The highest BCUT2D eigenvalue weighted by atomic mass is 32.2. The summed E-state index contributed by atoms with van der Waals surface area (Å²) in [6, 6.07) is 1.09. The zero-order valence-corrected chi connectivity index (χ0v) is 12.8. The van der Waals surface area contributed by atoms with Crippen LogP contribution in [0.5, 0.6) is 0 Å². The van der Waals surface area contributed by atoms with Gasteiger partial charge >= 0.3 is 0 Å². The van der Waals surface area contributed by atoms with E-state index in [-0.39, 0.29) is 0 Å². The third kappa shape index (κ3) is 2.23. The van der Waals surface area contributed by atoms with E-state index in [4.69, 9.17) is 4.99 Å². The van der Waals surface area contributed by atoms with Crippen LogP contribution < -0.4 is 5.32 Å². The lowest BCUT2D eigenvalue weighted by molar-refractivity contribution is 0.442. The minimum Gasteiger partial charge on any atom is -0.362 e. The third-order valence-electron chi connectivity index (χ3n) is 4.97. The van der Waals surface area contributed by atoms with Crippen molar-refractivity contribution < 1.29 is 0 Å². The van der Waals surface area contributed by atoms with Crippen molar-refractivity contribution in [2.75, 3.05) is 5.75 Å². The van der Waals surface area contributed by atoms with Gasteiger partial charge in [0.1, 0.15) is 0 Å². The molecule has 0 aromatic rings. The Labute approximate surface area is 110 Å². The lowest BCUT2D eigenvalue weighted by Gasteiger charge is -2.28. The Kier molecular flexibility index (Phi) is 3.26. The van der Waals surface area contributed by atoms with Crippen LogP contribution in [0.1, 0.15) is 48.0 Å². The predicted octanol–water partition coefficient (Wildman–Crippen LogP) is 3.53. The maximum absolute atomic E-state index is 4.95. The lowest BCUT2D eigenvalue weighted by atomic mass is 10.0. The Bertz CT molecular complexity index is 317. The second kappa shape index (κ2) is 4.18. The molecule has 1 aliphatic heterocycles. The molecule has 0 radical (unpaired) electrons. The van der Waals surface area contributed by atoms with Crippen LogP contribution in [0.4, 0.5) is 0 Å². The molecule has 2 rings (SSSR count). The van der Waals surface area contributed by atoms with Crippen molar-refractivity contribution in [3.8, 4) is 0 Å². The number of rotatable bonds is 2. The first-order valence-electron chi connectivity index (χ1n) is 6.74. The summed E-state index contributed by atoms with van der Waals surface area (Å²) in [4.78, 5) is 4.95. The number of aliphatic imine (C=N–C) groups is 1. The minimum atomic E-state index is 0.354. The minimum absolute atomic E-state index is 0.354. The van der Waals surface area contributed by atoms with E-state index in [1.807, 2.05) is 11.8 Å². The molecule has 0 aromatic carbocycles. The van der Waals surface area contributed by atoms with E-state index < -0.39 is 0 Å². The van der Waals surface area contributed by atoms with Gasteiger partial charge in [0, 0.05) is 11.8 Å². The zero-order chi connectivity index (χ0) is 12.8. The molecule has 1 aliphatic carbocycles. The molecule has 0 bridgehead atoms. The molecule has 1 atom stereocenters. The molecule has 0 amide bonds. The molecule has 0 spiro atoms. The standard InChI is InChI=1S/C14H26N2S/c1-9(2)10-7-8-17-12(15-10)16-11-13(3,4)14(11,5)6/h9-11H,7-8H2,1-6H3,(H,15,16). The fraction of sp³-hybridized carbons (Fsp3) is 0.929. The van der Waals surface area contributed by atoms with Gasteiger partial charge in [-0.25, -0.2) is 0 Å². The predicted molar refractivity (Wildman–Crippen MR) is 77.6 cm³/mol. The van der Waals surface area contributed by atoms with Gasteiger partial charge in [-0.15, -0.1) is 0 Å². The van der Waals surface area contributed by atoms with Crippen LogP contribution in [-0.2, 0) is 0 Å². The highest BCUT2D eigenvalue weighted by Crippen LogP contribution is 2.64. The van der Waals surface area contributed by atoms with Gasteiger partial charge in [0.15, 0.2) is 5.17 Å². The van der Waals surface area contributed by atoms with E-state index in [1.54, 1.807) is 0 Å². The molecular formula is C14H26N2S. The first-order valence-corrected chi connectivity index (χ1v) is 7.72. The summed E-state index contributed by atoms with van der Waals surface area (Å²) in [5.74, 6) is 1.91. The van der Waals surface area contributed by atoms with Gasteiger partial charge in [-0.2, -0.15) is 0 Å². The van der Waals surface area contributed by atoms with Crippen LogP contribution in [0, 0.1) is 16.7 Å². The maximum Gasteiger partial charge on any atom is 0.157 e. The third-order valence-corrected chi connectivity index (χ3v) is 5.91. The Morgan fingerprint density at radius 3 is 2.29 bits per heavy atom. The van der Waals surface area contributed by atoms with E-state index in [9.17, 15) is 0 Å². The average molecular weight is 254 g/mol. The van der Waals surface area contributed by atoms with Crippen molar-refractivity contribution in [3.63, 3.8) is 0 Å². The number of nitrogens with zero attached hydrogens (tertiary/aromatic N) is 1. The van der Waals surface area contributed by atoms with Crippen LogP contribution in [0.25, 0.3) is 0 Å². The summed E-state index contributed by atoms with van der Waals surface area (Å²) in [6.45, 7) is 13.9. The van der Waals surface area contributed by atoms with E-state index in [1.165, 1.54) is 17.3 Å². The van der Waals surface area contributed by atoms with E-state index in [2.05, 4.69) is 46.9 Å². The number of hydrogen-bond acceptors (Lipinski definition) is 2. The molecule has 1 N–H and O–H groups in total. The summed E-state index contributed by atoms with van der Waals surface area (Å²) in [5.41, 5.74) is 0.708. The van der Waals surface area contributed by atoms with Gasteiger partial charge in [0.25, 0.3) is 0 Å². The van der Waals surface area contributed by atoms with Crippen molar-refractivity contribution in [2.45, 2.75) is 60.0 Å². The molecule has 2 nitrogen and oxygen atoms in total. The Morgan fingerprint density at radius 2 is 1.82 bits per heavy atom. The van der Waals surface area contributed by atoms with Gasteiger partial charge < -0.3 is 5.32 Å². The molecule has 17 heavy (non-hydrogen) atoms. The van der Waals surface area contributed by atoms with Crippen LogP contribution >= 0.6 is 11.8 Å². The van der Waals surface area contributed by atoms with E-state index in [0.717, 1.165) is 0 Å². The number of amidine groups is 1. The summed E-state index contributed by atoms with van der Waals surface area (Å²) in [5, 5.41) is 4.79. The number of thioether (sulfide) groups is 1. The maximum atomic E-state index is 4.95. The molecule has 2 fully saturated rings. The summed E-state index contributed by atoms with van der Waals surface area (Å²) < 4.78 is 0. The Hall–Kier alpha value is -0.180. The molecule has 1 saturated carbocycles. The van der Waals surface area contributed by atoms with E-state index >= 15 is 0 Å². The van der Waals surface area contributed by atoms with Crippen molar-refractivity contribution in [3.05, 3.63) is 0 Å². The fourth-order valence-corrected chi connectivity index (χ4v) is 3.71. The first kappa shape index (κ1) is 13.3. The number of nitrogens with one attached hydrogen (secondary N) is 1. The highest BCUT2D eigenvalue weighted by Gasteiger charge is 2.65. The van der Waals surface area contributed by atoms with Crippen molar-refractivity contribution >= 4 is 16.9 Å². The van der Waals surface area contributed by atoms with Crippen LogP contribution in [0.15, 0.2) is 4.99 Å². The molecule has 3 heteroatoms. The molecule has 1 heterocycles. The Morgan fingerprint density at radius 1 is 1.24 bits per heavy atom. The fourth-order valence-electron chi connectivity index (χ4n) is 2.73. The molecule has 0 aromatic heterocycles. The smallest absolute Gasteiger partial charge is 0.157 e. The average Bonchev–Trinajstić information content (AvgIpc) is 2.61. The second-order valence-corrected chi connectivity index (χ2v) is 8.00. The van der Waals surface area contributed by atoms with Crippen molar-refractivity contribution in [2.24, 2.45) is 21.7 Å². The lowest BCUT2D eigenvalue weighted by Crippen LogP contribution is -2.41. The topological polar surface area (TPSA) is 24.4 Å². The second-order valence-electron chi connectivity index (χ2n) is 6.91. The van der Waals surface area contributed by atoms with Gasteiger partial charge in [0.2, 0.25) is 0 Å². The summed E-state index contributed by atoms with van der Waals surface area (Å²) in [7, 11) is 0. The quantitative estimate of drug-likeness (QED) is 0.815. The van der Waals surface area contributed by atoms with Crippen molar-refractivity contribution in [1.82, 2.24) is 5.32 Å². The van der Waals surface area contributed by atoms with Gasteiger partial charge in [-0.3, -0.25) is 4.99 Å². The van der Waals surface area contributed by atoms with Gasteiger partial charge in [-0.05, 0) is 23.2 Å². The monoisotopic (exact) mass is 254 g/mol. The van der Waals surface area contributed by atoms with Crippen LogP contribution in [-0.4, -0.2) is 23.0 Å². The largest absolute Gasteiger partial charge is 0.362 e. The SMILES string of the molecule is CC(C)C1CCSC(=NC2C(C)(C)C2(C)C)N1. The number of hydrogen-bond donors (Lipinski definition) is 1. The molecular weight excluding hydrogens is 228 g/mol. The van der Waals surface area contributed by atoms with Crippen LogP contribution in [0.3, 0.4) is 0 Å². The van der Waals surface area contributed by atoms with Gasteiger partial charge in [0.05, 0.1) is 6.04 Å². The summed E-state index contributed by atoms with van der Waals surface area (Å²) >= 11 is 1.89. The Balaban J connectivity index is 2.04. The zero-order valence-electron chi connectivity index (χ0n) is 12.0. The first-order chi connectivity index (χ1) is 7.76. The molecule has 98 valence electrons.